The minimum absolute atomic E-state index is 0.00135. The van der Waals surface area contributed by atoms with Gasteiger partial charge in [0, 0.05) is 24.9 Å². The lowest BCUT2D eigenvalue weighted by molar-refractivity contribution is -0.161. The van der Waals surface area contributed by atoms with E-state index in [1.807, 2.05) is 16.8 Å². The highest BCUT2D eigenvalue weighted by molar-refractivity contribution is 7.08. The summed E-state index contributed by atoms with van der Waals surface area (Å²) in [6.07, 6.45) is 3.40. The third kappa shape index (κ3) is 4.10. The van der Waals surface area contributed by atoms with Gasteiger partial charge in [-0.25, -0.2) is 0 Å². The van der Waals surface area contributed by atoms with Gasteiger partial charge < -0.3 is 18.9 Å². The first kappa shape index (κ1) is 19.1. The highest BCUT2D eigenvalue weighted by atomic mass is 32.1. The monoisotopic (exact) mass is 405 g/mol. The van der Waals surface area contributed by atoms with Gasteiger partial charge in [0.25, 0.3) is 5.89 Å². The normalized spacial score (nSPS) is 18.9. The van der Waals surface area contributed by atoms with Gasteiger partial charge in [0.2, 0.25) is 11.7 Å². The van der Waals surface area contributed by atoms with Crippen molar-refractivity contribution in [3.63, 3.8) is 0 Å². The van der Waals surface area contributed by atoms with E-state index in [1.165, 1.54) is 11.3 Å². The van der Waals surface area contributed by atoms with Crippen molar-refractivity contribution in [1.82, 2.24) is 15.0 Å². The van der Waals surface area contributed by atoms with Crippen LogP contribution in [0.2, 0.25) is 0 Å². The zero-order valence-corrected chi connectivity index (χ0v) is 16.4. The second-order valence-corrected chi connectivity index (χ2v) is 8.04. The van der Waals surface area contributed by atoms with E-state index >= 15 is 0 Å². The molecule has 8 nitrogen and oxygen atoms in total. The lowest BCUT2D eigenvalue weighted by Gasteiger charge is -2.31. The number of carbonyl (C=O) groups is 2. The summed E-state index contributed by atoms with van der Waals surface area (Å²) in [5.41, 5.74) is 0.105. The van der Waals surface area contributed by atoms with Crippen LogP contribution in [0.1, 0.15) is 37.9 Å². The van der Waals surface area contributed by atoms with Gasteiger partial charge in [-0.1, -0.05) is 18.0 Å². The molecule has 1 saturated carbocycles. The number of carbonyl (C=O) groups excluding carboxylic acids is 2. The number of esters is 1. The summed E-state index contributed by atoms with van der Waals surface area (Å²) in [6.45, 7) is 2.21. The zero-order valence-electron chi connectivity index (χ0n) is 15.6. The molecule has 2 aromatic rings. The maximum absolute atomic E-state index is 12.9. The lowest BCUT2D eigenvalue weighted by atomic mass is 9.82. The van der Waals surface area contributed by atoms with Gasteiger partial charge in [-0.15, -0.1) is 0 Å². The fourth-order valence-electron chi connectivity index (χ4n) is 3.82. The molecule has 2 aliphatic rings. The smallest absolute Gasteiger partial charge is 0.313 e. The molecule has 4 rings (SSSR count). The highest BCUT2D eigenvalue weighted by Crippen LogP contribution is 2.43. The Morgan fingerprint density at radius 1 is 1.25 bits per heavy atom. The lowest BCUT2D eigenvalue weighted by Crippen LogP contribution is -2.44. The predicted octanol–water partition coefficient (Wildman–Crippen LogP) is 2.65. The number of amides is 1. The molecule has 3 heterocycles. The summed E-state index contributed by atoms with van der Waals surface area (Å²) in [4.78, 5) is 31.6. The van der Waals surface area contributed by atoms with Crippen LogP contribution in [-0.4, -0.2) is 53.2 Å². The molecule has 1 aliphatic heterocycles. The maximum Gasteiger partial charge on any atom is 0.313 e. The molecule has 0 bridgehead atoms. The molecule has 9 heteroatoms. The van der Waals surface area contributed by atoms with Crippen molar-refractivity contribution in [2.45, 2.75) is 38.7 Å². The highest BCUT2D eigenvalue weighted by Gasteiger charge is 2.45. The average Bonchev–Trinajstić information content (AvgIpc) is 3.48. The second-order valence-electron chi connectivity index (χ2n) is 7.26. The number of hydrogen-bond acceptors (Lipinski definition) is 8. The van der Waals surface area contributed by atoms with Gasteiger partial charge in [-0.05, 0) is 24.3 Å². The summed E-state index contributed by atoms with van der Waals surface area (Å²) in [5.74, 6) is 0.391. The molecule has 2 aromatic heterocycles. The first-order valence-corrected chi connectivity index (χ1v) is 10.5. The molecule has 1 aliphatic carbocycles. The number of hydrogen-bond donors (Lipinski definition) is 0. The Morgan fingerprint density at radius 2 is 2.04 bits per heavy atom. The number of thiophene rings is 1. The predicted molar refractivity (Wildman–Crippen MR) is 100 cm³/mol. The first-order chi connectivity index (χ1) is 13.7. The van der Waals surface area contributed by atoms with Crippen LogP contribution in [0.4, 0.5) is 0 Å². The van der Waals surface area contributed by atoms with Crippen molar-refractivity contribution in [3.8, 4) is 11.5 Å². The number of morpholine rings is 1. The van der Waals surface area contributed by atoms with E-state index in [2.05, 4.69) is 10.1 Å². The number of rotatable bonds is 6. The van der Waals surface area contributed by atoms with Crippen LogP contribution in [-0.2, 0) is 25.7 Å². The summed E-state index contributed by atoms with van der Waals surface area (Å²) >= 11 is 1.54. The zero-order chi connectivity index (χ0) is 19.4. The molecule has 1 amide bonds. The summed E-state index contributed by atoms with van der Waals surface area (Å²) < 4.78 is 16.0. The van der Waals surface area contributed by atoms with E-state index < -0.39 is 5.41 Å². The Labute approximate surface area is 166 Å². The minimum atomic E-state index is -0.741. The van der Waals surface area contributed by atoms with Gasteiger partial charge in [0.15, 0.2) is 6.61 Å². The molecule has 28 heavy (non-hydrogen) atoms. The molecule has 0 spiro atoms. The topological polar surface area (TPSA) is 94.8 Å². The Balaban J connectivity index is 1.37. The molecular formula is C19H23N3O5S. The van der Waals surface area contributed by atoms with E-state index in [4.69, 9.17) is 14.0 Å². The van der Waals surface area contributed by atoms with Crippen molar-refractivity contribution in [2.75, 3.05) is 26.3 Å². The van der Waals surface area contributed by atoms with Crippen molar-refractivity contribution >= 4 is 23.2 Å². The Bertz CT molecular complexity index is 807. The number of nitrogens with zero attached hydrogens (tertiary/aromatic N) is 3. The molecular weight excluding hydrogens is 382 g/mol. The van der Waals surface area contributed by atoms with Gasteiger partial charge in [0.05, 0.1) is 24.2 Å². The Kier molecular flexibility index (Phi) is 5.72. The van der Waals surface area contributed by atoms with Crippen LogP contribution in [0, 0.1) is 5.41 Å². The molecule has 2 fully saturated rings. The molecule has 1 saturated heterocycles. The molecule has 150 valence electrons. The number of ether oxygens (including phenoxy) is 2. The van der Waals surface area contributed by atoms with E-state index in [-0.39, 0.29) is 24.9 Å². The standard InChI is InChI=1S/C19H23N3O5S/c23-16(22-6-8-25-9-7-22)11-19(4-1-2-5-19)18(24)26-12-15-20-17(27-21-15)14-3-10-28-13-14/h3,10,13H,1-2,4-9,11-12H2. The minimum Gasteiger partial charge on any atom is -0.457 e. The van der Waals surface area contributed by atoms with E-state index in [0.29, 0.717) is 50.9 Å². The largest absolute Gasteiger partial charge is 0.457 e. The third-order valence-electron chi connectivity index (χ3n) is 5.42. The first-order valence-electron chi connectivity index (χ1n) is 9.54. The Hall–Kier alpha value is -2.26. The Morgan fingerprint density at radius 3 is 2.75 bits per heavy atom. The van der Waals surface area contributed by atoms with Crippen LogP contribution in [0.3, 0.4) is 0 Å². The van der Waals surface area contributed by atoms with E-state index in [9.17, 15) is 9.59 Å². The van der Waals surface area contributed by atoms with Crippen LogP contribution < -0.4 is 0 Å². The van der Waals surface area contributed by atoms with Crippen LogP contribution in [0.25, 0.3) is 11.5 Å². The quantitative estimate of drug-likeness (QED) is 0.682. The second kappa shape index (κ2) is 8.40. The van der Waals surface area contributed by atoms with Crippen LogP contribution in [0.15, 0.2) is 21.3 Å². The average molecular weight is 405 g/mol. The van der Waals surface area contributed by atoms with Gasteiger partial charge >= 0.3 is 5.97 Å². The fraction of sp³-hybridized carbons (Fsp3) is 0.579. The summed E-state index contributed by atoms with van der Waals surface area (Å²) in [6, 6.07) is 1.89. The van der Waals surface area contributed by atoms with Gasteiger partial charge in [-0.3, -0.25) is 9.59 Å². The van der Waals surface area contributed by atoms with Gasteiger partial charge in [0.1, 0.15) is 0 Å². The fourth-order valence-corrected chi connectivity index (χ4v) is 4.45. The van der Waals surface area contributed by atoms with E-state index in [1.54, 1.807) is 4.90 Å². The molecule has 0 N–H and O–H groups in total. The molecule has 0 radical (unpaired) electrons. The van der Waals surface area contributed by atoms with Crippen molar-refractivity contribution in [1.29, 1.82) is 0 Å². The van der Waals surface area contributed by atoms with Crippen LogP contribution in [0.5, 0.6) is 0 Å². The van der Waals surface area contributed by atoms with Crippen molar-refractivity contribution in [2.24, 2.45) is 5.41 Å². The summed E-state index contributed by atoms with van der Waals surface area (Å²) in [5, 5.41) is 7.72. The molecule has 0 aromatic carbocycles. The SMILES string of the molecule is O=C(CC1(C(=O)OCc2noc(-c3ccsc3)n2)CCCC1)N1CCOCC1. The molecule has 0 atom stereocenters. The van der Waals surface area contributed by atoms with Crippen LogP contribution >= 0.6 is 11.3 Å². The van der Waals surface area contributed by atoms with Crippen molar-refractivity contribution in [3.05, 3.63) is 22.7 Å². The summed E-state index contributed by atoms with van der Waals surface area (Å²) in [7, 11) is 0. The maximum atomic E-state index is 12.9. The molecule has 0 unspecified atom stereocenters. The van der Waals surface area contributed by atoms with E-state index in [0.717, 1.165) is 18.4 Å². The van der Waals surface area contributed by atoms with Gasteiger partial charge in [-0.2, -0.15) is 16.3 Å². The third-order valence-corrected chi connectivity index (χ3v) is 6.10. The number of aromatic nitrogens is 2. The van der Waals surface area contributed by atoms with Crippen molar-refractivity contribution < 1.29 is 23.6 Å².